The highest BCUT2D eigenvalue weighted by Crippen LogP contribution is 2.31. The number of benzene rings is 4. The van der Waals surface area contributed by atoms with Crippen molar-refractivity contribution in [3.8, 4) is 11.1 Å². The molecule has 0 aromatic heterocycles. The highest BCUT2D eigenvalue weighted by molar-refractivity contribution is 5.98. The van der Waals surface area contributed by atoms with E-state index in [2.05, 4.69) is 103 Å². The zero-order valence-corrected chi connectivity index (χ0v) is 13.4. The first-order valence-electron chi connectivity index (χ1n) is 8.22. The number of rotatable bonds is 3. The Kier molecular flexibility index (Phi) is 3.95. The molecular formula is C24H18. The summed E-state index contributed by atoms with van der Waals surface area (Å²) < 4.78 is 0. The molecule has 0 aliphatic rings. The van der Waals surface area contributed by atoms with E-state index in [1.165, 1.54) is 33.0 Å². The van der Waals surface area contributed by atoms with Gasteiger partial charge < -0.3 is 0 Å². The van der Waals surface area contributed by atoms with Crippen molar-refractivity contribution in [3.05, 3.63) is 108 Å². The van der Waals surface area contributed by atoms with Gasteiger partial charge in [-0.25, -0.2) is 0 Å². The first-order chi connectivity index (χ1) is 11.9. The normalized spacial score (nSPS) is 11.2. The lowest BCUT2D eigenvalue weighted by molar-refractivity contribution is 1.61. The van der Waals surface area contributed by atoms with Crippen LogP contribution in [0, 0.1) is 0 Å². The van der Waals surface area contributed by atoms with E-state index in [-0.39, 0.29) is 0 Å². The van der Waals surface area contributed by atoms with E-state index < -0.39 is 0 Å². The molecule has 4 rings (SSSR count). The van der Waals surface area contributed by atoms with Crippen LogP contribution in [-0.4, -0.2) is 0 Å². The fraction of sp³-hybridized carbons (Fsp3) is 0. The second-order valence-corrected chi connectivity index (χ2v) is 5.86. The van der Waals surface area contributed by atoms with E-state index in [4.69, 9.17) is 0 Å². The summed E-state index contributed by atoms with van der Waals surface area (Å²) >= 11 is 0. The summed E-state index contributed by atoms with van der Waals surface area (Å²) in [6, 6.07) is 34.1. The van der Waals surface area contributed by atoms with E-state index in [9.17, 15) is 0 Å². The van der Waals surface area contributed by atoms with Crippen molar-refractivity contribution < 1.29 is 0 Å². The molecule has 0 radical (unpaired) electrons. The monoisotopic (exact) mass is 306 g/mol. The first kappa shape index (κ1) is 14.5. The van der Waals surface area contributed by atoms with Gasteiger partial charge >= 0.3 is 0 Å². The van der Waals surface area contributed by atoms with Crippen molar-refractivity contribution in [1.29, 1.82) is 0 Å². The molecule has 0 heteroatoms. The Bertz CT molecular complexity index is 989. The minimum atomic E-state index is 1.21. The Morgan fingerprint density at radius 3 is 2.04 bits per heavy atom. The van der Waals surface area contributed by atoms with Gasteiger partial charge in [-0.05, 0) is 33.0 Å². The Hall–Kier alpha value is -3.12. The third-order valence-corrected chi connectivity index (χ3v) is 4.30. The predicted molar refractivity (Wildman–Crippen MR) is 105 cm³/mol. The molecule has 0 N–H and O–H groups in total. The van der Waals surface area contributed by atoms with Gasteiger partial charge in [0.1, 0.15) is 0 Å². The van der Waals surface area contributed by atoms with Crippen LogP contribution in [0.3, 0.4) is 0 Å². The zero-order chi connectivity index (χ0) is 16.2. The van der Waals surface area contributed by atoms with Crippen molar-refractivity contribution in [2.45, 2.75) is 0 Å². The predicted octanol–water partition coefficient (Wildman–Crippen LogP) is 6.68. The molecule has 24 heavy (non-hydrogen) atoms. The van der Waals surface area contributed by atoms with E-state index in [1.807, 2.05) is 6.07 Å². The molecule has 0 aliphatic carbocycles. The summed E-state index contributed by atoms with van der Waals surface area (Å²) in [5.74, 6) is 0. The fourth-order valence-corrected chi connectivity index (χ4v) is 3.10. The molecule has 4 aromatic rings. The minimum Gasteiger partial charge on any atom is -0.0622 e. The van der Waals surface area contributed by atoms with Gasteiger partial charge in [0.25, 0.3) is 0 Å². The Balaban J connectivity index is 1.83. The summed E-state index contributed by atoms with van der Waals surface area (Å²) in [5, 5.41) is 2.57. The molecule has 0 heterocycles. The van der Waals surface area contributed by atoms with Crippen molar-refractivity contribution in [2.24, 2.45) is 0 Å². The highest BCUT2D eigenvalue weighted by Gasteiger charge is 2.06. The molecule has 114 valence electrons. The van der Waals surface area contributed by atoms with Crippen molar-refractivity contribution in [3.63, 3.8) is 0 Å². The quantitative estimate of drug-likeness (QED) is 0.370. The van der Waals surface area contributed by atoms with Gasteiger partial charge in [0.15, 0.2) is 0 Å². The van der Waals surface area contributed by atoms with Crippen LogP contribution in [-0.2, 0) is 0 Å². The zero-order valence-electron chi connectivity index (χ0n) is 13.4. The van der Waals surface area contributed by atoms with Gasteiger partial charge in [0, 0.05) is 0 Å². The molecule has 0 nitrogen and oxygen atoms in total. The topological polar surface area (TPSA) is 0 Å². The summed E-state index contributed by atoms with van der Waals surface area (Å²) in [7, 11) is 0. The van der Waals surface area contributed by atoms with Crippen LogP contribution in [0.15, 0.2) is 97.1 Å². The molecule has 0 bridgehead atoms. The number of hydrogen-bond donors (Lipinski definition) is 0. The van der Waals surface area contributed by atoms with E-state index in [0.29, 0.717) is 0 Å². The van der Waals surface area contributed by atoms with E-state index in [0.717, 1.165) is 0 Å². The number of hydrogen-bond acceptors (Lipinski definition) is 0. The maximum Gasteiger partial charge on any atom is -0.00994 e. The van der Waals surface area contributed by atoms with Crippen molar-refractivity contribution in [1.82, 2.24) is 0 Å². The SMILES string of the molecule is C(=Cc1ccccc1-c1cccc2ccccc12)c1ccccc1. The smallest absolute Gasteiger partial charge is 0.00994 e. The minimum absolute atomic E-state index is 1.21. The van der Waals surface area contributed by atoms with Gasteiger partial charge in [0.2, 0.25) is 0 Å². The van der Waals surface area contributed by atoms with Crippen LogP contribution in [0.1, 0.15) is 11.1 Å². The van der Waals surface area contributed by atoms with Gasteiger partial charge in [-0.1, -0.05) is 109 Å². The van der Waals surface area contributed by atoms with Crippen LogP contribution in [0.4, 0.5) is 0 Å². The van der Waals surface area contributed by atoms with Gasteiger partial charge in [-0.2, -0.15) is 0 Å². The molecule has 0 saturated heterocycles. The lowest BCUT2D eigenvalue weighted by Gasteiger charge is -2.10. The number of fused-ring (bicyclic) bond motifs is 1. The summed E-state index contributed by atoms with van der Waals surface area (Å²) in [4.78, 5) is 0. The van der Waals surface area contributed by atoms with Crippen molar-refractivity contribution >= 4 is 22.9 Å². The third kappa shape index (κ3) is 2.87. The molecule has 0 atom stereocenters. The molecule has 0 saturated carbocycles. The molecule has 0 fully saturated rings. The summed E-state index contributed by atoms with van der Waals surface area (Å²) in [5.41, 5.74) is 4.99. The molecule has 0 aliphatic heterocycles. The standard InChI is InChI=1S/C24H18/c1-2-9-19(10-3-1)17-18-21-12-5-7-15-23(21)24-16-8-13-20-11-4-6-14-22(20)24/h1-18H. The third-order valence-electron chi connectivity index (χ3n) is 4.30. The van der Waals surface area contributed by atoms with Crippen LogP contribution in [0.2, 0.25) is 0 Å². The highest BCUT2D eigenvalue weighted by atomic mass is 14.1. The molecule has 0 spiro atoms. The summed E-state index contributed by atoms with van der Waals surface area (Å²) in [6.45, 7) is 0. The fourth-order valence-electron chi connectivity index (χ4n) is 3.10. The lowest BCUT2D eigenvalue weighted by atomic mass is 9.94. The van der Waals surface area contributed by atoms with Gasteiger partial charge in [-0.15, -0.1) is 0 Å². The average molecular weight is 306 g/mol. The molecule has 0 unspecified atom stereocenters. The average Bonchev–Trinajstić information content (AvgIpc) is 2.67. The Morgan fingerprint density at radius 1 is 0.458 bits per heavy atom. The van der Waals surface area contributed by atoms with Crippen LogP contribution in [0.25, 0.3) is 34.1 Å². The van der Waals surface area contributed by atoms with Gasteiger partial charge in [0.05, 0.1) is 0 Å². The second-order valence-electron chi connectivity index (χ2n) is 5.86. The lowest BCUT2D eigenvalue weighted by Crippen LogP contribution is -1.85. The maximum atomic E-state index is 2.21. The Labute approximate surface area is 142 Å². The van der Waals surface area contributed by atoms with E-state index >= 15 is 0 Å². The maximum absolute atomic E-state index is 2.21. The Morgan fingerprint density at radius 2 is 1.12 bits per heavy atom. The molecule has 4 aromatic carbocycles. The molecular weight excluding hydrogens is 288 g/mol. The van der Waals surface area contributed by atoms with Crippen LogP contribution < -0.4 is 0 Å². The first-order valence-corrected chi connectivity index (χ1v) is 8.22. The summed E-state index contributed by atoms with van der Waals surface area (Å²) in [6.07, 6.45) is 4.37. The van der Waals surface area contributed by atoms with Gasteiger partial charge in [-0.3, -0.25) is 0 Å². The second kappa shape index (κ2) is 6.55. The van der Waals surface area contributed by atoms with Crippen molar-refractivity contribution in [2.75, 3.05) is 0 Å². The van der Waals surface area contributed by atoms with Crippen LogP contribution >= 0.6 is 0 Å². The largest absolute Gasteiger partial charge is 0.0622 e. The van der Waals surface area contributed by atoms with E-state index in [1.54, 1.807) is 0 Å². The van der Waals surface area contributed by atoms with Crippen LogP contribution in [0.5, 0.6) is 0 Å². The molecule has 0 amide bonds.